The first kappa shape index (κ1) is 40.2. The van der Waals surface area contributed by atoms with Gasteiger partial charge in [-0.1, -0.05) is 105 Å². The molecule has 3 atom stereocenters. The lowest BCUT2D eigenvalue weighted by Crippen LogP contribution is -2.56. The van der Waals surface area contributed by atoms with E-state index in [9.17, 15) is 27.9 Å². The maximum absolute atomic E-state index is 14.2. The van der Waals surface area contributed by atoms with Crippen LogP contribution in [-0.4, -0.2) is 56.5 Å². The molecule has 0 spiro atoms. The number of hydrogen-bond acceptors (Lipinski definition) is 7. The van der Waals surface area contributed by atoms with Crippen LogP contribution in [0.5, 0.6) is 11.5 Å². The van der Waals surface area contributed by atoms with Gasteiger partial charge in [0, 0.05) is 24.3 Å². The van der Waals surface area contributed by atoms with Crippen molar-refractivity contribution < 1.29 is 32.6 Å². The summed E-state index contributed by atoms with van der Waals surface area (Å²) in [6.45, 7) is 3.91. The van der Waals surface area contributed by atoms with E-state index < -0.39 is 39.8 Å². The van der Waals surface area contributed by atoms with Crippen molar-refractivity contribution in [1.82, 2.24) is 16.0 Å². The van der Waals surface area contributed by atoms with Gasteiger partial charge in [-0.25, -0.2) is 8.42 Å². The fraction of sp³-hybridized carbons (Fsp3) is 0.250. The minimum atomic E-state index is -3.88. The Morgan fingerprint density at radius 1 is 0.691 bits per heavy atom. The number of carbonyl (C=O) groups excluding carboxylic acids is 3. The lowest BCUT2D eigenvalue weighted by molar-refractivity contribution is -0.132. The van der Waals surface area contributed by atoms with Gasteiger partial charge in [0.15, 0.2) is 9.84 Å². The number of fused-ring (bicyclic) bond motifs is 1. The van der Waals surface area contributed by atoms with Gasteiger partial charge in [-0.15, -0.1) is 0 Å². The molecule has 0 aliphatic heterocycles. The minimum absolute atomic E-state index is 0.00374. The van der Waals surface area contributed by atoms with E-state index in [1.807, 2.05) is 98.8 Å². The van der Waals surface area contributed by atoms with E-state index in [2.05, 4.69) is 16.0 Å². The Morgan fingerprint density at radius 2 is 1.27 bits per heavy atom. The highest BCUT2D eigenvalue weighted by atomic mass is 32.2. The molecule has 286 valence electrons. The molecule has 5 aromatic rings. The zero-order valence-electron chi connectivity index (χ0n) is 31.1. The number of ether oxygens (including phenoxy) is 1. The molecule has 4 N–H and O–H groups in total. The average molecular weight is 762 g/mol. The van der Waals surface area contributed by atoms with E-state index >= 15 is 0 Å². The normalized spacial score (nSPS) is 13.2. The molecule has 3 amide bonds. The van der Waals surface area contributed by atoms with Crippen molar-refractivity contribution in [3.05, 3.63) is 150 Å². The van der Waals surface area contributed by atoms with E-state index in [-0.39, 0.29) is 41.7 Å². The summed E-state index contributed by atoms with van der Waals surface area (Å²) >= 11 is 0. The molecule has 0 aliphatic rings. The summed E-state index contributed by atoms with van der Waals surface area (Å²) in [5.74, 6) is -0.754. The van der Waals surface area contributed by atoms with Gasteiger partial charge in [-0.05, 0) is 76.2 Å². The highest BCUT2D eigenvalue weighted by Gasteiger charge is 2.29. The van der Waals surface area contributed by atoms with Crippen LogP contribution in [0.4, 0.5) is 0 Å². The zero-order chi connectivity index (χ0) is 39.4. The number of aromatic hydroxyl groups is 1. The van der Waals surface area contributed by atoms with E-state index in [0.717, 1.165) is 32.9 Å². The number of nitrogens with one attached hydrogen (secondary N) is 3. The van der Waals surface area contributed by atoms with Gasteiger partial charge in [-0.3, -0.25) is 14.4 Å². The van der Waals surface area contributed by atoms with Crippen LogP contribution >= 0.6 is 0 Å². The molecular weight excluding hydrogens is 715 g/mol. The van der Waals surface area contributed by atoms with E-state index in [0.29, 0.717) is 12.2 Å². The Bertz CT molecular complexity index is 2200. The second-order valence-corrected chi connectivity index (χ2v) is 15.7. The molecule has 0 fully saturated rings. The quantitative estimate of drug-likeness (QED) is 0.0899. The molecule has 10 nitrogen and oxygen atoms in total. The number of methoxy groups -OCH3 is 1. The van der Waals surface area contributed by atoms with Crippen LogP contribution in [0.25, 0.3) is 10.8 Å². The van der Waals surface area contributed by atoms with Gasteiger partial charge in [0.1, 0.15) is 23.6 Å². The fourth-order valence-corrected chi connectivity index (χ4v) is 7.28. The van der Waals surface area contributed by atoms with Crippen LogP contribution in [0.15, 0.2) is 138 Å². The van der Waals surface area contributed by atoms with E-state index in [4.69, 9.17) is 4.74 Å². The van der Waals surface area contributed by atoms with Crippen molar-refractivity contribution in [3.8, 4) is 11.5 Å². The molecule has 55 heavy (non-hydrogen) atoms. The lowest BCUT2D eigenvalue weighted by atomic mass is 10.0. The lowest BCUT2D eigenvalue weighted by Gasteiger charge is -2.26. The highest BCUT2D eigenvalue weighted by molar-refractivity contribution is 7.94. The smallest absolute Gasteiger partial charge is 0.243 e. The zero-order valence-corrected chi connectivity index (χ0v) is 32.0. The Kier molecular flexibility index (Phi) is 13.8. The topological polar surface area (TPSA) is 151 Å². The van der Waals surface area contributed by atoms with Crippen LogP contribution < -0.4 is 20.7 Å². The summed E-state index contributed by atoms with van der Waals surface area (Å²) in [5, 5.41) is 21.5. The SMILES string of the molecule is COc1ccc(C[C@H](NC(=O)Cc2ccc3ccccc3c2)C(=O)N[C@@H](Cc2ccccc2)C(=O)N[C@H](/C=C/S(=O)(=O)c2ccc(O)cc2)CC(C)C)cc1. The Hall–Kier alpha value is -5.94. The highest BCUT2D eigenvalue weighted by Crippen LogP contribution is 2.19. The number of rotatable bonds is 17. The van der Waals surface area contributed by atoms with E-state index in [1.165, 1.54) is 30.3 Å². The first-order valence-corrected chi connectivity index (χ1v) is 19.7. The Morgan fingerprint density at radius 3 is 1.93 bits per heavy atom. The second-order valence-electron chi connectivity index (χ2n) is 13.9. The first-order valence-electron chi connectivity index (χ1n) is 18.2. The van der Waals surface area contributed by atoms with E-state index in [1.54, 1.807) is 19.2 Å². The van der Waals surface area contributed by atoms with Crippen molar-refractivity contribution >= 4 is 38.3 Å². The molecule has 0 radical (unpaired) electrons. The molecule has 0 aliphatic carbocycles. The van der Waals surface area contributed by atoms with Gasteiger partial charge in [0.25, 0.3) is 0 Å². The summed E-state index contributed by atoms with van der Waals surface area (Å²) in [7, 11) is -2.32. The summed E-state index contributed by atoms with van der Waals surface area (Å²) in [4.78, 5) is 41.8. The standard InChI is InChI=1S/C44H47N3O7S/c1-30(2)25-36(23-24-55(52,53)39-21-17-37(48)18-22-39)45-43(50)41(27-31-9-5-4-6-10-31)47-44(51)40(28-32-14-19-38(54-3)20-15-32)46-42(49)29-33-13-16-34-11-7-8-12-35(34)26-33/h4-24,26,30,36,40-41,48H,25,27-29H2,1-3H3,(H,45,50)(H,46,49)(H,47,51)/b24-23+/t36-,40+,41+/m1/s1. The largest absolute Gasteiger partial charge is 0.508 e. The third-order valence-corrected chi connectivity index (χ3v) is 10.5. The average Bonchev–Trinajstić information content (AvgIpc) is 3.17. The van der Waals surface area contributed by atoms with Crippen molar-refractivity contribution in [2.75, 3.05) is 7.11 Å². The minimum Gasteiger partial charge on any atom is -0.508 e. The number of hydrogen-bond donors (Lipinski definition) is 4. The third kappa shape index (κ3) is 12.0. The fourth-order valence-electron chi connectivity index (χ4n) is 6.21. The van der Waals surface area contributed by atoms with Gasteiger partial charge in [-0.2, -0.15) is 0 Å². The molecule has 0 saturated heterocycles. The molecule has 11 heteroatoms. The predicted molar refractivity (Wildman–Crippen MR) is 214 cm³/mol. The van der Waals surface area contributed by atoms with Crippen LogP contribution in [-0.2, 0) is 43.5 Å². The first-order chi connectivity index (χ1) is 26.4. The van der Waals surface area contributed by atoms with Gasteiger partial charge in [0.2, 0.25) is 17.7 Å². The van der Waals surface area contributed by atoms with Gasteiger partial charge < -0.3 is 25.8 Å². The maximum Gasteiger partial charge on any atom is 0.243 e. The molecule has 0 heterocycles. The Balaban J connectivity index is 1.38. The van der Waals surface area contributed by atoms with Crippen LogP contribution in [0.2, 0.25) is 0 Å². The number of carbonyl (C=O) groups is 3. The Labute approximate surface area is 322 Å². The predicted octanol–water partition coefficient (Wildman–Crippen LogP) is 6.07. The number of benzene rings is 5. The molecule has 0 aromatic heterocycles. The summed E-state index contributed by atoms with van der Waals surface area (Å²) < 4.78 is 31.5. The van der Waals surface area contributed by atoms with Crippen LogP contribution in [0, 0.1) is 5.92 Å². The van der Waals surface area contributed by atoms with Crippen molar-refractivity contribution in [1.29, 1.82) is 0 Å². The molecule has 0 saturated carbocycles. The maximum atomic E-state index is 14.2. The van der Waals surface area contributed by atoms with Crippen molar-refractivity contribution in [2.45, 2.75) is 62.6 Å². The van der Waals surface area contributed by atoms with Gasteiger partial charge >= 0.3 is 0 Å². The molecule has 0 bridgehead atoms. The molecule has 0 unspecified atom stereocenters. The number of amides is 3. The second kappa shape index (κ2) is 18.9. The molecule has 5 aromatic carbocycles. The summed E-state index contributed by atoms with van der Waals surface area (Å²) in [6.07, 6.45) is 2.18. The van der Waals surface area contributed by atoms with Crippen molar-refractivity contribution in [2.24, 2.45) is 5.92 Å². The molecular formula is C44H47N3O7S. The third-order valence-electron chi connectivity index (χ3n) is 9.05. The van der Waals surface area contributed by atoms with Crippen LogP contribution in [0.1, 0.15) is 37.0 Å². The van der Waals surface area contributed by atoms with Crippen LogP contribution in [0.3, 0.4) is 0 Å². The molecule has 5 rings (SSSR count). The number of sulfone groups is 1. The summed E-state index contributed by atoms with van der Waals surface area (Å²) in [6, 6.07) is 32.5. The van der Waals surface area contributed by atoms with Gasteiger partial charge in [0.05, 0.1) is 18.4 Å². The van der Waals surface area contributed by atoms with Crippen molar-refractivity contribution in [3.63, 3.8) is 0 Å². The number of phenols is 1. The summed E-state index contributed by atoms with van der Waals surface area (Å²) in [5.41, 5.74) is 2.35. The number of phenolic OH excluding ortho intramolecular Hbond substituents is 1. The monoisotopic (exact) mass is 761 g/mol.